The molecule has 5 nitrogen and oxygen atoms in total. The Kier molecular flexibility index (Phi) is 6.27. The number of rotatable bonds is 7. The van der Waals surface area contributed by atoms with Crippen LogP contribution in [0, 0.1) is 17.6 Å². The molecule has 0 aliphatic rings. The second-order valence-corrected chi connectivity index (χ2v) is 5.97. The summed E-state index contributed by atoms with van der Waals surface area (Å²) >= 11 is 0. The SMILES string of the molecule is CC(Cc1ccc(NC(=O)C(C)Oc2ccc(F)c(F)c2)cc1)C(=O)O. The van der Waals surface area contributed by atoms with Crippen molar-refractivity contribution in [2.24, 2.45) is 5.92 Å². The van der Waals surface area contributed by atoms with Crippen LogP contribution in [0.4, 0.5) is 14.5 Å². The lowest BCUT2D eigenvalue weighted by molar-refractivity contribution is -0.141. The van der Waals surface area contributed by atoms with Gasteiger partial charge in [-0.15, -0.1) is 0 Å². The average molecular weight is 363 g/mol. The minimum absolute atomic E-state index is 0.0459. The van der Waals surface area contributed by atoms with Crippen LogP contribution in [0.1, 0.15) is 19.4 Å². The summed E-state index contributed by atoms with van der Waals surface area (Å²) in [5.74, 6) is -3.83. The highest BCUT2D eigenvalue weighted by Gasteiger charge is 2.16. The molecule has 138 valence electrons. The van der Waals surface area contributed by atoms with Crippen molar-refractivity contribution >= 4 is 17.6 Å². The van der Waals surface area contributed by atoms with E-state index in [1.165, 1.54) is 13.0 Å². The zero-order valence-corrected chi connectivity index (χ0v) is 14.3. The van der Waals surface area contributed by atoms with Crippen LogP contribution in [0.2, 0.25) is 0 Å². The third-order valence-corrected chi connectivity index (χ3v) is 3.76. The molecule has 0 spiro atoms. The summed E-state index contributed by atoms with van der Waals surface area (Å²) in [6.07, 6.45) is -0.536. The normalized spacial score (nSPS) is 12.9. The summed E-state index contributed by atoms with van der Waals surface area (Å²) in [5, 5.41) is 11.6. The maximum atomic E-state index is 13.2. The van der Waals surface area contributed by atoms with Gasteiger partial charge in [0.25, 0.3) is 5.91 Å². The van der Waals surface area contributed by atoms with E-state index in [2.05, 4.69) is 5.32 Å². The summed E-state index contributed by atoms with van der Waals surface area (Å²) in [7, 11) is 0. The largest absolute Gasteiger partial charge is 0.481 e. The van der Waals surface area contributed by atoms with E-state index in [4.69, 9.17) is 9.84 Å². The van der Waals surface area contributed by atoms with Crippen LogP contribution >= 0.6 is 0 Å². The standard InChI is InChI=1S/C19H19F2NO4/c1-11(19(24)25)9-13-3-5-14(6-4-13)22-18(23)12(2)26-15-7-8-16(20)17(21)10-15/h3-8,10-12H,9H2,1-2H3,(H,22,23)(H,24,25). The van der Waals surface area contributed by atoms with E-state index >= 15 is 0 Å². The van der Waals surface area contributed by atoms with Gasteiger partial charge in [0.05, 0.1) is 5.92 Å². The Balaban J connectivity index is 1.93. The molecular formula is C19H19F2NO4. The van der Waals surface area contributed by atoms with E-state index in [-0.39, 0.29) is 5.75 Å². The van der Waals surface area contributed by atoms with Gasteiger partial charge in [0.1, 0.15) is 5.75 Å². The fourth-order valence-corrected chi connectivity index (χ4v) is 2.22. The number of amides is 1. The van der Waals surface area contributed by atoms with Crippen molar-refractivity contribution in [3.05, 3.63) is 59.7 Å². The van der Waals surface area contributed by atoms with Gasteiger partial charge in [-0.25, -0.2) is 8.78 Å². The third-order valence-electron chi connectivity index (χ3n) is 3.76. The van der Waals surface area contributed by atoms with Gasteiger partial charge in [-0.05, 0) is 43.2 Å². The van der Waals surface area contributed by atoms with Crippen molar-refractivity contribution in [3.8, 4) is 5.75 Å². The summed E-state index contributed by atoms with van der Waals surface area (Å²) in [4.78, 5) is 23.0. The topological polar surface area (TPSA) is 75.6 Å². The monoisotopic (exact) mass is 363 g/mol. The molecule has 0 aliphatic heterocycles. The highest BCUT2D eigenvalue weighted by molar-refractivity contribution is 5.94. The summed E-state index contributed by atoms with van der Waals surface area (Å²) in [6, 6.07) is 9.81. The van der Waals surface area contributed by atoms with Gasteiger partial charge < -0.3 is 15.2 Å². The van der Waals surface area contributed by atoms with Crippen molar-refractivity contribution in [1.82, 2.24) is 0 Å². The number of aliphatic carboxylic acids is 1. The molecule has 2 rings (SSSR count). The van der Waals surface area contributed by atoms with Crippen molar-refractivity contribution in [2.75, 3.05) is 5.32 Å². The fraction of sp³-hybridized carbons (Fsp3) is 0.263. The molecule has 2 N–H and O–H groups in total. The van der Waals surface area contributed by atoms with E-state index < -0.39 is 35.5 Å². The number of carbonyl (C=O) groups excluding carboxylic acids is 1. The Morgan fingerprint density at radius 2 is 1.73 bits per heavy atom. The number of benzene rings is 2. The maximum Gasteiger partial charge on any atom is 0.306 e. The van der Waals surface area contributed by atoms with Crippen LogP contribution in [0.15, 0.2) is 42.5 Å². The number of nitrogens with one attached hydrogen (secondary N) is 1. The lowest BCUT2D eigenvalue weighted by Gasteiger charge is -2.15. The lowest BCUT2D eigenvalue weighted by Crippen LogP contribution is -2.30. The molecule has 0 fully saturated rings. The first-order valence-corrected chi connectivity index (χ1v) is 8.00. The maximum absolute atomic E-state index is 13.2. The van der Waals surface area contributed by atoms with Gasteiger partial charge in [0.15, 0.2) is 17.7 Å². The zero-order chi connectivity index (χ0) is 19.3. The van der Waals surface area contributed by atoms with Crippen LogP contribution in [0.5, 0.6) is 5.75 Å². The van der Waals surface area contributed by atoms with Crippen LogP contribution < -0.4 is 10.1 Å². The molecule has 0 saturated heterocycles. The molecule has 26 heavy (non-hydrogen) atoms. The Morgan fingerprint density at radius 3 is 2.31 bits per heavy atom. The summed E-state index contributed by atoms with van der Waals surface area (Å²) < 4.78 is 31.4. The van der Waals surface area contributed by atoms with Crippen LogP contribution in [0.3, 0.4) is 0 Å². The summed E-state index contributed by atoms with van der Waals surface area (Å²) in [5.41, 5.74) is 1.35. The van der Waals surface area contributed by atoms with Crippen molar-refractivity contribution in [1.29, 1.82) is 0 Å². The first kappa shape index (κ1) is 19.4. The quantitative estimate of drug-likeness (QED) is 0.788. The number of hydrogen-bond donors (Lipinski definition) is 2. The molecule has 2 unspecified atom stereocenters. The molecule has 2 atom stereocenters. The molecule has 0 aromatic heterocycles. The van der Waals surface area contributed by atoms with Crippen LogP contribution in [0.25, 0.3) is 0 Å². The van der Waals surface area contributed by atoms with Crippen molar-refractivity contribution in [2.45, 2.75) is 26.4 Å². The van der Waals surface area contributed by atoms with E-state index in [0.29, 0.717) is 12.1 Å². The predicted molar refractivity (Wildman–Crippen MR) is 92.0 cm³/mol. The van der Waals surface area contributed by atoms with Crippen LogP contribution in [-0.4, -0.2) is 23.1 Å². The lowest BCUT2D eigenvalue weighted by atomic mass is 10.0. The molecule has 0 aliphatic carbocycles. The van der Waals surface area contributed by atoms with Crippen LogP contribution in [-0.2, 0) is 16.0 Å². The molecular weight excluding hydrogens is 344 g/mol. The van der Waals surface area contributed by atoms with Gasteiger partial charge in [0, 0.05) is 11.8 Å². The number of carboxylic acid groups (broad SMARTS) is 1. The van der Waals surface area contributed by atoms with Crippen molar-refractivity contribution < 1.29 is 28.2 Å². The number of hydrogen-bond acceptors (Lipinski definition) is 3. The Bertz CT molecular complexity index is 793. The Labute approximate surface area is 149 Å². The van der Waals surface area contributed by atoms with Crippen molar-refractivity contribution in [3.63, 3.8) is 0 Å². The molecule has 0 heterocycles. The highest BCUT2D eigenvalue weighted by atomic mass is 19.2. The smallest absolute Gasteiger partial charge is 0.306 e. The Hall–Kier alpha value is -2.96. The number of carbonyl (C=O) groups is 2. The zero-order valence-electron chi connectivity index (χ0n) is 14.3. The minimum atomic E-state index is -1.05. The average Bonchev–Trinajstić information content (AvgIpc) is 2.59. The molecule has 0 radical (unpaired) electrons. The van der Waals surface area contributed by atoms with Gasteiger partial charge in [0.2, 0.25) is 0 Å². The van der Waals surface area contributed by atoms with E-state index in [0.717, 1.165) is 17.7 Å². The molecule has 0 bridgehead atoms. The molecule has 0 saturated carbocycles. The fourth-order valence-electron chi connectivity index (χ4n) is 2.22. The number of ether oxygens (including phenoxy) is 1. The van der Waals surface area contributed by atoms with Gasteiger partial charge in [-0.2, -0.15) is 0 Å². The van der Waals surface area contributed by atoms with Gasteiger partial charge in [-0.3, -0.25) is 9.59 Å². The Morgan fingerprint density at radius 1 is 1.08 bits per heavy atom. The number of anilines is 1. The molecule has 2 aromatic rings. The van der Waals surface area contributed by atoms with E-state index in [9.17, 15) is 18.4 Å². The second kappa shape index (κ2) is 8.42. The first-order valence-electron chi connectivity index (χ1n) is 8.00. The molecule has 7 heteroatoms. The first-order chi connectivity index (χ1) is 12.3. The molecule has 1 amide bonds. The minimum Gasteiger partial charge on any atom is -0.481 e. The third kappa shape index (κ3) is 5.27. The van der Waals surface area contributed by atoms with E-state index in [1.807, 2.05) is 0 Å². The number of carboxylic acids is 1. The molecule has 2 aromatic carbocycles. The van der Waals surface area contributed by atoms with Gasteiger partial charge in [-0.1, -0.05) is 19.1 Å². The highest BCUT2D eigenvalue weighted by Crippen LogP contribution is 2.18. The number of halogens is 2. The second-order valence-electron chi connectivity index (χ2n) is 5.97. The van der Waals surface area contributed by atoms with E-state index in [1.54, 1.807) is 31.2 Å². The summed E-state index contributed by atoms with van der Waals surface area (Å²) in [6.45, 7) is 3.11. The predicted octanol–water partition coefficient (Wildman–Crippen LogP) is 3.63. The van der Waals surface area contributed by atoms with Gasteiger partial charge >= 0.3 is 5.97 Å².